The number of hydrogen-bond acceptors (Lipinski definition) is 2. The minimum atomic E-state index is -0.359. The van der Waals surface area contributed by atoms with Gasteiger partial charge in [-0.15, -0.1) is 0 Å². The molecule has 3 aromatic rings. The zero-order chi connectivity index (χ0) is 12.5. The molecule has 88 valence electrons. The third kappa shape index (κ3) is 1.59. The first-order valence-electron chi connectivity index (χ1n) is 5.50. The number of aromatic amines is 1. The highest BCUT2D eigenvalue weighted by Crippen LogP contribution is 2.25. The lowest BCUT2D eigenvalue weighted by molar-refractivity contribution is 0.630. The van der Waals surface area contributed by atoms with Crippen molar-refractivity contribution in [2.45, 2.75) is 0 Å². The average molecular weight is 240 g/mol. The number of rotatable bonds is 1. The van der Waals surface area contributed by atoms with Gasteiger partial charge in [0.05, 0.1) is 5.39 Å². The second kappa shape index (κ2) is 4.07. The molecule has 0 fully saturated rings. The number of fused-ring (bicyclic) bond motifs is 1. The molecule has 4 heteroatoms. The van der Waals surface area contributed by atoms with E-state index >= 15 is 0 Å². The third-order valence-electron chi connectivity index (χ3n) is 2.83. The molecule has 0 aliphatic rings. The van der Waals surface area contributed by atoms with E-state index in [-0.39, 0.29) is 11.4 Å². The minimum Gasteiger partial charge on any atom is -0.267 e. The van der Waals surface area contributed by atoms with E-state index in [1.54, 1.807) is 42.5 Å². The smallest absolute Gasteiger partial charge is 0.267 e. The van der Waals surface area contributed by atoms with E-state index < -0.39 is 0 Å². The topological polar surface area (TPSA) is 45.8 Å². The first-order valence-corrected chi connectivity index (χ1v) is 5.50. The van der Waals surface area contributed by atoms with Gasteiger partial charge in [-0.25, -0.2) is 9.49 Å². The molecule has 1 aromatic heterocycles. The van der Waals surface area contributed by atoms with E-state index in [4.69, 9.17) is 0 Å². The summed E-state index contributed by atoms with van der Waals surface area (Å²) in [6, 6.07) is 13.4. The van der Waals surface area contributed by atoms with Gasteiger partial charge in [0.25, 0.3) is 5.56 Å². The Morgan fingerprint density at radius 3 is 2.39 bits per heavy atom. The SMILES string of the molecule is O=c1[nH]nc(-c2ccccc2F)c2ccccc12. The van der Waals surface area contributed by atoms with Gasteiger partial charge in [0.1, 0.15) is 11.5 Å². The van der Waals surface area contributed by atoms with Crippen molar-refractivity contribution < 1.29 is 4.39 Å². The summed E-state index contributed by atoms with van der Waals surface area (Å²) in [7, 11) is 0. The molecule has 0 amide bonds. The number of hydrogen-bond donors (Lipinski definition) is 1. The predicted molar refractivity (Wildman–Crippen MR) is 67.8 cm³/mol. The maximum absolute atomic E-state index is 13.8. The Labute approximate surface area is 102 Å². The Kier molecular flexibility index (Phi) is 2.41. The van der Waals surface area contributed by atoms with Crippen LogP contribution in [0.15, 0.2) is 53.3 Å². The Bertz CT molecular complexity index is 780. The van der Waals surface area contributed by atoms with Crippen molar-refractivity contribution in [3.63, 3.8) is 0 Å². The van der Waals surface area contributed by atoms with Gasteiger partial charge in [-0.3, -0.25) is 4.79 Å². The van der Waals surface area contributed by atoms with E-state index in [0.29, 0.717) is 22.0 Å². The fraction of sp³-hybridized carbons (Fsp3) is 0. The molecule has 0 unspecified atom stereocenters. The van der Waals surface area contributed by atoms with Crippen LogP contribution in [-0.2, 0) is 0 Å². The number of H-pyrrole nitrogens is 1. The van der Waals surface area contributed by atoms with Crippen molar-refractivity contribution in [1.82, 2.24) is 10.2 Å². The molecular weight excluding hydrogens is 231 g/mol. The quantitative estimate of drug-likeness (QED) is 0.710. The summed E-state index contributed by atoms with van der Waals surface area (Å²) in [5, 5.41) is 7.51. The lowest BCUT2D eigenvalue weighted by atomic mass is 10.0. The van der Waals surface area contributed by atoms with Crippen LogP contribution in [0, 0.1) is 5.82 Å². The number of aromatic nitrogens is 2. The highest BCUT2D eigenvalue weighted by atomic mass is 19.1. The van der Waals surface area contributed by atoms with Crippen LogP contribution >= 0.6 is 0 Å². The highest BCUT2D eigenvalue weighted by molar-refractivity contribution is 5.93. The monoisotopic (exact) mass is 240 g/mol. The van der Waals surface area contributed by atoms with Gasteiger partial charge in [0.2, 0.25) is 0 Å². The lowest BCUT2D eigenvalue weighted by Crippen LogP contribution is -2.09. The standard InChI is InChI=1S/C14H9FN2O/c15-12-8-4-3-7-11(12)13-9-5-1-2-6-10(9)14(18)17-16-13/h1-8H,(H,17,18). The fourth-order valence-corrected chi connectivity index (χ4v) is 1.97. The summed E-state index contributed by atoms with van der Waals surface area (Å²) in [6.07, 6.45) is 0. The normalized spacial score (nSPS) is 10.7. The summed E-state index contributed by atoms with van der Waals surface area (Å²) in [4.78, 5) is 11.6. The zero-order valence-electron chi connectivity index (χ0n) is 9.35. The first-order chi connectivity index (χ1) is 8.77. The molecule has 3 nitrogen and oxygen atoms in total. The highest BCUT2D eigenvalue weighted by Gasteiger charge is 2.11. The van der Waals surface area contributed by atoms with Gasteiger partial charge in [0.15, 0.2) is 0 Å². The Balaban J connectivity index is 2.41. The average Bonchev–Trinajstić information content (AvgIpc) is 2.41. The summed E-state index contributed by atoms with van der Waals surface area (Å²) in [6.45, 7) is 0. The van der Waals surface area contributed by atoms with Gasteiger partial charge >= 0.3 is 0 Å². The summed E-state index contributed by atoms with van der Waals surface area (Å²) in [5.74, 6) is -0.359. The van der Waals surface area contributed by atoms with Crippen molar-refractivity contribution in [2.75, 3.05) is 0 Å². The van der Waals surface area contributed by atoms with Crippen LogP contribution in [0.5, 0.6) is 0 Å². The molecule has 3 rings (SSSR count). The number of nitrogens with one attached hydrogen (secondary N) is 1. The van der Waals surface area contributed by atoms with Crippen LogP contribution < -0.4 is 5.56 Å². The molecule has 0 saturated heterocycles. The third-order valence-corrected chi connectivity index (χ3v) is 2.83. The molecule has 1 heterocycles. The fourth-order valence-electron chi connectivity index (χ4n) is 1.97. The summed E-state index contributed by atoms with van der Waals surface area (Å²) in [5.41, 5.74) is 0.555. The second-order valence-electron chi connectivity index (χ2n) is 3.93. The number of nitrogens with zero attached hydrogens (tertiary/aromatic N) is 1. The summed E-state index contributed by atoms with van der Waals surface area (Å²) >= 11 is 0. The molecule has 0 spiro atoms. The van der Waals surface area contributed by atoms with Crippen molar-refractivity contribution in [3.8, 4) is 11.3 Å². The Morgan fingerprint density at radius 1 is 0.944 bits per heavy atom. The summed E-state index contributed by atoms with van der Waals surface area (Å²) < 4.78 is 13.8. The van der Waals surface area contributed by atoms with Crippen LogP contribution in [-0.4, -0.2) is 10.2 Å². The number of benzene rings is 2. The molecule has 1 N–H and O–H groups in total. The Hall–Kier alpha value is -2.49. The van der Waals surface area contributed by atoms with E-state index in [0.717, 1.165) is 0 Å². The first kappa shape index (κ1) is 10.7. The van der Waals surface area contributed by atoms with Gasteiger partial charge in [-0.1, -0.05) is 30.3 Å². The van der Waals surface area contributed by atoms with Gasteiger partial charge in [0, 0.05) is 10.9 Å². The van der Waals surface area contributed by atoms with E-state index in [1.165, 1.54) is 6.07 Å². The van der Waals surface area contributed by atoms with Crippen LogP contribution in [0.4, 0.5) is 4.39 Å². The van der Waals surface area contributed by atoms with E-state index in [2.05, 4.69) is 10.2 Å². The molecule has 0 saturated carbocycles. The van der Waals surface area contributed by atoms with Crippen LogP contribution in [0.1, 0.15) is 0 Å². The van der Waals surface area contributed by atoms with Crippen molar-refractivity contribution >= 4 is 10.8 Å². The van der Waals surface area contributed by atoms with E-state index in [9.17, 15) is 9.18 Å². The second-order valence-corrected chi connectivity index (χ2v) is 3.93. The molecule has 0 aliphatic carbocycles. The molecule has 0 bridgehead atoms. The van der Waals surface area contributed by atoms with Crippen molar-refractivity contribution in [2.24, 2.45) is 0 Å². The lowest BCUT2D eigenvalue weighted by Gasteiger charge is -2.05. The van der Waals surface area contributed by atoms with E-state index in [1.807, 2.05) is 0 Å². The zero-order valence-corrected chi connectivity index (χ0v) is 9.35. The molecule has 0 aliphatic heterocycles. The maximum Gasteiger partial charge on any atom is 0.272 e. The van der Waals surface area contributed by atoms with Crippen molar-refractivity contribution in [1.29, 1.82) is 0 Å². The maximum atomic E-state index is 13.8. The largest absolute Gasteiger partial charge is 0.272 e. The van der Waals surface area contributed by atoms with Gasteiger partial charge < -0.3 is 0 Å². The minimum absolute atomic E-state index is 0.273. The molecule has 0 radical (unpaired) electrons. The van der Waals surface area contributed by atoms with Crippen molar-refractivity contribution in [3.05, 3.63) is 64.7 Å². The predicted octanol–water partition coefficient (Wildman–Crippen LogP) is 2.73. The van der Waals surface area contributed by atoms with Gasteiger partial charge in [-0.2, -0.15) is 5.10 Å². The molecular formula is C14H9FN2O. The van der Waals surface area contributed by atoms with Crippen LogP contribution in [0.2, 0.25) is 0 Å². The van der Waals surface area contributed by atoms with Crippen LogP contribution in [0.3, 0.4) is 0 Å². The molecule has 18 heavy (non-hydrogen) atoms. The molecule has 0 atom stereocenters. The van der Waals surface area contributed by atoms with Gasteiger partial charge in [-0.05, 0) is 18.2 Å². The number of halogens is 1. The molecule has 2 aromatic carbocycles. The Morgan fingerprint density at radius 2 is 1.61 bits per heavy atom. The van der Waals surface area contributed by atoms with Crippen LogP contribution in [0.25, 0.3) is 22.0 Å².